The van der Waals surface area contributed by atoms with E-state index in [1.165, 1.54) is 5.56 Å². The van der Waals surface area contributed by atoms with Crippen molar-refractivity contribution in [2.45, 2.75) is 45.1 Å². The molecule has 0 spiro atoms. The van der Waals surface area contributed by atoms with Crippen LogP contribution in [0.1, 0.15) is 38.2 Å². The van der Waals surface area contributed by atoms with Crippen LogP contribution in [0, 0.1) is 5.41 Å². The third kappa shape index (κ3) is 5.80. The summed E-state index contributed by atoms with van der Waals surface area (Å²) in [5.74, 6) is -0.0783. The number of hydrogen-bond acceptors (Lipinski definition) is 5. The highest BCUT2D eigenvalue weighted by molar-refractivity contribution is 5.77. The molecule has 140 valence electrons. The second-order valence-electron chi connectivity index (χ2n) is 6.98. The lowest BCUT2D eigenvalue weighted by Gasteiger charge is -2.40. The molecule has 1 aromatic rings. The van der Waals surface area contributed by atoms with Crippen molar-refractivity contribution in [3.63, 3.8) is 0 Å². The number of ether oxygens (including phenoxy) is 1. The summed E-state index contributed by atoms with van der Waals surface area (Å²) in [7, 11) is 0. The zero-order valence-electron chi connectivity index (χ0n) is 15.2. The molecule has 0 radical (unpaired) electrons. The molecule has 25 heavy (non-hydrogen) atoms. The number of aliphatic hydroxyl groups is 2. The monoisotopic (exact) mass is 349 g/mol. The summed E-state index contributed by atoms with van der Waals surface area (Å²) in [6, 6.07) is 10.3. The Balaban J connectivity index is 1.92. The maximum atomic E-state index is 12.6. The van der Waals surface area contributed by atoms with Gasteiger partial charge in [-0.1, -0.05) is 30.3 Å². The van der Waals surface area contributed by atoms with Crippen LogP contribution in [0.15, 0.2) is 30.3 Å². The molecule has 1 aliphatic heterocycles. The molecular formula is C20H31NO4. The number of aryl methyl sites for hydroxylation is 1. The van der Waals surface area contributed by atoms with Crippen molar-refractivity contribution < 1.29 is 19.7 Å². The topological polar surface area (TPSA) is 70.0 Å². The van der Waals surface area contributed by atoms with Crippen LogP contribution in [0.4, 0.5) is 0 Å². The molecule has 1 saturated heterocycles. The highest BCUT2D eigenvalue weighted by Gasteiger charge is 2.42. The van der Waals surface area contributed by atoms with Crippen LogP contribution in [0.3, 0.4) is 0 Å². The van der Waals surface area contributed by atoms with E-state index in [1.54, 1.807) is 0 Å². The molecule has 1 heterocycles. The maximum Gasteiger partial charge on any atom is 0.312 e. The van der Waals surface area contributed by atoms with E-state index >= 15 is 0 Å². The SMILES string of the molecule is CCOC(=O)C1(CCCc2ccccc2)CCN(C[C@@H](O)CO)CC1. The average molecular weight is 349 g/mol. The van der Waals surface area contributed by atoms with Crippen molar-refractivity contribution in [1.82, 2.24) is 4.90 Å². The van der Waals surface area contributed by atoms with Gasteiger partial charge in [-0.2, -0.15) is 0 Å². The molecule has 2 N–H and O–H groups in total. The standard InChI is InChI=1S/C20H31NO4/c1-2-25-19(24)20(10-6-9-17-7-4-3-5-8-17)11-13-21(14-12-20)15-18(23)16-22/h3-5,7-8,18,22-23H,2,6,9-16H2,1H3/t18-/m1/s1. The summed E-state index contributed by atoms with van der Waals surface area (Å²) >= 11 is 0. The molecule has 5 nitrogen and oxygen atoms in total. The lowest BCUT2D eigenvalue weighted by Crippen LogP contribution is -2.47. The molecule has 0 unspecified atom stereocenters. The minimum atomic E-state index is -0.715. The fourth-order valence-corrected chi connectivity index (χ4v) is 3.64. The summed E-state index contributed by atoms with van der Waals surface area (Å²) in [5, 5.41) is 18.6. The summed E-state index contributed by atoms with van der Waals surface area (Å²) in [6.45, 7) is 3.99. The van der Waals surface area contributed by atoms with Crippen molar-refractivity contribution >= 4 is 5.97 Å². The molecule has 0 aliphatic carbocycles. The Kier molecular flexibility index (Phi) is 7.88. The van der Waals surface area contributed by atoms with Gasteiger partial charge in [0.1, 0.15) is 0 Å². The molecule has 1 aromatic carbocycles. The van der Waals surface area contributed by atoms with Crippen molar-refractivity contribution in [1.29, 1.82) is 0 Å². The predicted octanol–water partition coefficient (Wildman–Crippen LogP) is 2.01. The summed E-state index contributed by atoms with van der Waals surface area (Å²) in [6.07, 6.45) is 3.54. The third-order valence-electron chi connectivity index (χ3n) is 5.16. The van der Waals surface area contributed by atoms with E-state index in [1.807, 2.05) is 25.1 Å². The second kappa shape index (κ2) is 9.90. The van der Waals surface area contributed by atoms with Gasteiger partial charge in [-0.05, 0) is 57.7 Å². The Labute approximate surface area is 150 Å². The van der Waals surface area contributed by atoms with Gasteiger partial charge in [0.2, 0.25) is 0 Å². The Morgan fingerprint density at radius 2 is 1.96 bits per heavy atom. The van der Waals surface area contributed by atoms with Gasteiger partial charge in [-0.3, -0.25) is 4.79 Å². The van der Waals surface area contributed by atoms with E-state index in [0.717, 1.165) is 45.2 Å². The summed E-state index contributed by atoms with van der Waals surface area (Å²) < 4.78 is 5.38. The van der Waals surface area contributed by atoms with Crippen LogP contribution < -0.4 is 0 Å². The van der Waals surface area contributed by atoms with E-state index in [0.29, 0.717) is 13.2 Å². The number of β-amino-alcohol motifs (C(OH)–C–C–N with tert-alkyl or cyclic N) is 1. The zero-order chi connectivity index (χ0) is 18.1. The van der Waals surface area contributed by atoms with Crippen LogP contribution in [0.25, 0.3) is 0 Å². The molecule has 0 aromatic heterocycles. The Hall–Kier alpha value is -1.43. The normalized spacial score (nSPS) is 18.7. The van der Waals surface area contributed by atoms with Crippen molar-refractivity contribution in [3.8, 4) is 0 Å². The highest BCUT2D eigenvalue weighted by atomic mass is 16.5. The third-order valence-corrected chi connectivity index (χ3v) is 5.16. The molecule has 1 fully saturated rings. The van der Waals surface area contributed by atoms with Gasteiger partial charge in [0.25, 0.3) is 0 Å². The number of aliphatic hydroxyl groups excluding tert-OH is 2. The van der Waals surface area contributed by atoms with Crippen molar-refractivity contribution in [2.24, 2.45) is 5.41 Å². The maximum absolute atomic E-state index is 12.6. The van der Waals surface area contributed by atoms with E-state index in [9.17, 15) is 9.90 Å². The number of esters is 1. The van der Waals surface area contributed by atoms with Crippen LogP contribution in [-0.4, -0.2) is 60.0 Å². The van der Waals surface area contributed by atoms with Gasteiger partial charge in [0.15, 0.2) is 0 Å². The van der Waals surface area contributed by atoms with Gasteiger partial charge in [-0.15, -0.1) is 0 Å². The van der Waals surface area contributed by atoms with Crippen molar-refractivity contribution in [3.05, 3.63) is 35.9 Å². The number of carbonyl (C=O) groups excluding carboxylic acids is 1. The Bertz CT molecular complexity index is 512. The van der Waals surface area contributed by atoms with Crippen LogP contribution in [0.2, 0.25) is 0 Å². The number of hydrogen-bond donors (Lipinski definition) is 2. The Morgan fingerprint density at radius 1 is 1.28 bits per heavy atom. The van der Waals surface area contributed by atoms with Gasteiger partial charge in [0.05, 0.1) is 24.7 Å². The molecule has 1 aliphatic rings. The van der Waals surface area contributed by atoms with Gasteiger partial charge in [0, 0.05) is 6.54 Å². The number of piperidine rings is 1. The number of likely N-dealkylation sites (tertiary alicyclic amines) is 1. The van der Waals surface area contributed by atoms with Gasteiger partial charge >= 0.3 is 5.97 Å². The lowest BCUT2D eigenvalue weighted by molar-refractivity contribution is -0.159. The summed E-state index contributed by atoms with van der Waals surface area (Å²) in [5.41, 5.74) is 0.885. The fraction of sp³-hybridized carbons (Fsp3) is 0.650. The lowest BCUT2D eigenvalue weighted by atomic mass is 9.74. The number of benzene rings is 1. The van der Waals surface area contributed by atoms with E-state index < -0.39 is 11.5 Å². The quantitative estimate of drug-likeness (QED) is 0.668. The number of rotatable bonds is 9. The Morgan fingerprint density at radius 3 is 2.56 bits per heavy atom. The molecule has 0 saturated carbocycles. The molecule has 0 amide bonds. The largest absolute Gasteiger partial charge is 0.466 e. The fourth-order valence-electron chi connectivity index (χ4n) is 3.64. The van der Waals surface area contributed by atoms with Gasteiger partial charge < -0.3 is 19.8 Å². The second-order valence-corrected chi connectivity index (χ2v) is 6.98. The van der Waals surface area contributed by atoms with E-state index in [-0.39, 0.29) is 12.6 Å². The first-order chi connectivity index (χ1) is 12.1. The van der Waals surface area contributed by atoms with Crippen LogP contribution in [0.5, 0.6) is 0 Å². The molecule has 1 atom stereocenters. The molecule has 5 heteroatoms. The minimum Gasteiger partial charge on any atom is -0.466 e. The van der Waals surface area contributed by atoms with Crippen LogP contribution >= 0.6 is 0 Å². The predicted molar refractivity (Wildman–Crippen MR) is 97.2 cm³/mol. The number of carbonyl (C=O) groups is 1. The first-order valence-corrected chi connectivity index (χ1v) is 9.32. The van der Waals surface area contributed by atoms with Crippen molar-refractivity contribution in [2.75, 3.05) is 32.8 Å². The smallest absolute Gasteiger partial charge is 0.312 e. The minimum absolute atomic E-state index is 0.0783. The van der Waals surface area contributed by atoms with Crippen LogP contribution in [-0.2, 0) is 16.0 Å². The van der Waals surface area contributed by atoms with E-state index in [2.05, 4.69) is 17.0 Å². The summed E-state index contributed by atoms with van der Waals surface area (Å²) in [4.78, 5) is 14.7. The number of nitrogens with zero attached hydrogens (tertiary/aromatic N) is 1. The molecular weight excluding hydrogens is 318 g/mol. The first kappa shape index (κ1) is 19.9. The van der Waals surface area contributed by atoms with E-state index in [4.69, 9.17) is 9.84 Å². The first-order valence-electron chi connectivity index (χ1n) is 9.32. The van der Waals surface area contributed by atoms with Gasteiger partial charge in [-0.25, -0.2) is 0 Å². The molecule has 2 rings (SSSR count). The zero-order valence-corrected chi connectivity index (χ0v) is 15.2. The molecule has 0 bridgehead atoms. The highest BCUT2D eigenvalue weighted by Crippen LogP contribution is 2.38. The average Bonchev–Trinajstić information content (AvgIpc) is 2.64.